The highest BCUT2D eigenvalue weighted by atomic mass is 16.5. The van der Waals surface area contributed by atoms with Crippen LogP contribution in [0.25, 0.3) is 0 Å². The summed E-state index contributed by atoms with van der Waals surface area (Å²) >= 11 is 0. The maximum absolute atomic E-state index is 6.05. The van der Waals surface area contributed by atoms with Gasteiger partial charge >= 0.3 is 0 Å². The third-order valence-electron chi connectivity index (χ3n) is 5.65. The fourth-order valence-electron chi connectivity index (χ4n) is 3.97. The van der Waals surface area contributed by atoms with Gasteiger partial charge in [0.25, 0.3) is 0 Å². The molecule has 0 spiro atoms. The fraction of sp³-hybridized carbons (Fsp3) is 0.308. The van der Waals surface area contributed by atoms with Crippen molar-refractivity contribution in [3.63, 3.8) is 0 Å². The van der Waals surface area contributed by atoms with E-state index in [9.17, 15) is 0 Å². The van der Waals surface area contributed by atoms with Gasteiger partial charge < -0.3 is 14.8 Å². The Morgan fingerprint density at radius 3 is 2.48 bits per heavy atom. The summed E-state index contributed by atoms with van der Waals surface area (Å²) in [5.41, 5.74) is 7.61. The molecule has 3 aromatic rings. The van der Waals surface area contributed by atoms with Crippen molar-refractivity contribution >= 4 is 0 Å². The molecule has 1 aliphatic rings. The second-order valence-electron chi connectivity index (χ2n) is 7.68. The first-order chi connectivity index (χ1) is 14.2. The average molecular weight is 388 g/mol. The minimum Gasteiger partial charge on any atom is -0.494 e. The number of aryl methyl sites for hydroxylation is 2. The van der Waals surface area contributed by atoms with Crippen LogP contribution in [0, 0.1) is 13.8 Å². The fourth-order valence-corrected chi connectivity index (χ4v) is 3.97. The molecule has 0 aromatic heterocycles. The molecule has 0 saturated heterocycles. The third kappa shape index (κ3) is 4.30. The molecule has 1 atom stereocenters. The van der Waals surface area contributed by atoms with Crippen molar-refractivity contribution in [1.82, 2.24) is 5.32 Å². The van der Waals surface area contributed by atoms with Crippen LogP contribution in [0.2, 0.25) is 0 Å². The van der Waals surface area contributed by atoms with Crippen molar-refractivity contribution in [2.24, 2.45) is 0 Å². The van der Waals surface area contributed by atoms with Crippen molar-refractivity contribution in [2.75, 3.05) is 13.2 Å². The minimum atomic E-state index is 0.141. The predicted octanol–water partition coefficient (Wildman–Crippen LogP) is 5.52. The van der Waals surface area contributed by atoms with Gasteiger partial charge in [0.05, 0.1) is 12.6 Å². The molecule has 3 nitrogen and oxygen atoms in total. The Morgan fingerprint density at radius 1 is 0.897 bits per heavy atom. The molecular weight excluding hydrogens is 358 g/mol. The number of hydrogen-bond acceptors (Lipinski definition) is 3. The molecule has 3 aromatic carbocycles. The van der Waals surface area contributed by atoms with E-state index in [2.05, 4.69) is 61.6 Å². The summed E-state index contributed by atoms with van der Waals surface area (Å²) in [4.78, 5) is 0. The number of ether oxygens (including phenoxy) is 2. The van der Waals surface area contributed by atoms with Gasteiger partial charge in [-0.05, 0) is 73.2 Å². The van der Waals surface area contributed by atoms with E-state index in [4.69, 9.17) is 9.47 Å². The molecule has 1 heterocycles. The van der Waals surface area contributed by atoms with Crippen molar-refractivity contribution in [2.45, 2.75) is 39.8 Å². The SMILES string of the molecule is CCOc1cc(C)c(C)cc1C1NCCc2cc(OCc3ccccc3)ccc21. The van der Waals surface area contributed by atoms with Gasteiger partial charge in [0.1, 0.15) is 18.1 Å². The Morgan fingerprint density at radius 2 is 1.69 bits per heavy atom. The monoisotopic (exact) mass is 387 g/mol. The van der Waals surface area contributed by atoms with Crippen LogP contribution in [-0.4, -0.2) is 13.2 Å². The number of nitrogens with one attached hydrogen (secondary N) is 1. The minimum absolute atomic E-state index is 0.141. The number of hydrogen-bond donors (Lipinski definition) is 1. The van der Waals surface area contributed by atoms with Crippen molar-refractivity contribution in [3.05, 3.63) is 94.0 Å². The molecule has 1 N–H and O–H groups in total. The molecule has 0 aliphatic carbocycles. The normalized spacial score (nSPS) is 15.6. The van der Waals surface area contributed by atoms with Crippen LogP contribution in [0.4, 0.5) is 0 Å². The van der Waals surface area contributed by atoms with Gasteiger partial charge in [0.15, 0.2) is 0 Å². The Hall–Kier alpha value is -2.78. The average Bonchev–Trinajstić information content (AvgIpc) is 2.75. The van der Waals surface area contributed by atoms with E-state index in [1.807, 2.05) is 25.1 Å². The highest BCUT2D eigenvalue weighted by Gasteiger charge is 2.25. The zero-order valence-corrected chi connectivity index (χ0v) is 17.5. The molecular formula is C26H29NO2. The van der Waals surface area contributed by atoms with Crippen molar-refractivity contribution in [3.8, 4) is 11.5 Å². The second kappa shape index (κ2) is 8.71. The third-order valence-corrected chi connectivity index (χ3v) is 5.65. The number of fused-ring (bicyclic) bond motifs is 1. The van der Waals surface area contributed by atoms with E-state index in [1.165, 1.54) is 33.4 Å². The summed E-state index contributed by atoms with van der Waals surface area (Å²) in [6.45, 7) is 8.54. The number of benzene rings is 3. The van der Waals surface area contributed by atoms with Gasteiger partial charge in [-0.3, -0.25) is 0 Å². The van der Waals surface area contributed by atoms with Crippen LogP contribution >= 0.6 is 0 Å². The predicted molar refractivity (Wildman–Crippen MR) is 118 cm³/mol. The Balaban J connectivity index is 1.61. The maximum Gasteiger partial charge on any atom is 0.124 e. The summed E-state index contributed by atoms with van der Waals surface area (Å²) in [6, 6.07) is 21.4. The molecule has 0 fully saturated rings. The number of rotatable bonds is 6. The van der Waals surface area contributed by atoms with Crippen LogP contribution in [0.3, 0.4) is 0 Å². The van der Waals surface area contributed by atoms with Gasteiger partial charge in [-0.2, -0.15) is 0 Å². The summed E-state index contributed by atoms with van der Waals surface area (Å²) < 4.78 is 12.0. The van der Waals surface area contributed by atoms with Crippen LogP contribution in [-0.2, 0) is 13.0 Å². The smallest absolute Gasteiger partial charge is 0.124 e. The van der Waals surface area contributed by atoms with Gasteiger partial charge in [0, 0.05) is 12.1 Å². The Kier molecular flexibility index (Phi) is 5.86. The van der Waals surface area contributed by atoms with Gasteiger partial charge in [-0.25, -0.2) is 0 Å². The van der Waals surface area contributed by atoms with Crippen LogP contribution in [0.15, 0.2) is 60.7 Å². The first-order valence-corrected chi connectivity index (χ1v) is 10.4. The molecule has 3 heteroatoms. The highest BCUT2D eigenvalue weighted by molar-refractivity contribution is 5.50. The van der Waals surface area contributed by atoms with Crippen molar-refractivity contribution < 1.29 is 9.47 Å². The standard InChI is InChI=1S/C26H29NO2/c1-4-28-25-15-19(3)18(2)14-24(25)26-23-11-10-22(16-21(23)12-13-27-26)29-17-20-8-6-5-7-9-20/h5-11,14-16,26-27H,4,12-13,17H2,1-3H3. The van der Waals surface area contributed by atoms with E-state index in [0.29, 0.717) is 13.2 Å². The van der Waals surface area contributed by atoms with Crippen LogP contribution in [0.1, 0.15) is 46.3 Å². The van der Waals surface area contributed by atoms with Crippen LogP contribution in [0.5, 0.6) is 11.5 Å². The van der Waals surface area contributed by atoms with Gasteiger partial charge in [-0.15, -0.1) is 0 Å². The Labute approximate surface area is 173 Å². The molecule has 29 heavy (non-hydrogen) atoms. The summed E-state index contributed by atoms with van der Waals surface area (Å²) in [7, 11) is 0. The summed E-state index contributed by atoms with van der Waals surface area (Å²) in [6.07, 6.45) is 1.00. The van der Waals surface area contributed by atoms with E-state index >= 15 is 0 Å². The van der Waals surface area contributed by atoms with E-state index in [0.717, 1.165) is 24.5 Å². The van der Waals surface area contributed by atoms with E-state index in [1.54, 1.807) is 0 Å². The highest BCUT2D eigenvalue weighted by Crippen LogP contribution is 2.37. The van der Waals surface area contributed by atoms with Crippen LogP contribution < -0.4 is 14.8 Å². The van der Waals surface area contributed by atoms with Gasteiger partial charge in [0.2, 0.25) is 0 Å². The molecule has 0 saturated carbocycles. The molecule has 150 valence electrons. The van der Waals surface area contributed by atoms with Crippen molar-refractivity contribution in [1.29, 1.82) is 0 Å². The molecule has 1 unspecified atom stereocenters. The maximum atomic E-state index is 6.05. The zero-order valence-electron chi connectivity index (χ0n) is 17.5. The first kappa shape index (κ1) is 19.5. The zero-order chi connectivity index (χ0) is 20.2. The Bertz CT molecular complexity index is 981. The lowest BCUT2D eigenvalue weighted by molar-refractivity contribution is 0.305. The quantitative estimate of drug-likeness (QED) is 0.604. The molecule has 4 rings (SSSR count). The molecule has 0 bridgehead atoms. The van der Waals surface area contributed by atoms with E-state index in [-0.39, 0.29) is 6.04 Å². The molecule has 1 aliphatic heterocycles. The lowest BCUT2D eigenvalue weighted by Gasteiger charge is -2.29. The van der Waals surface area contributed by atoms with E-state index < -0.39 is 0 Å². The molecule has 0 amide bonds. The molecule has 0 radical (unpaired) electrons. The lowest BCUT2D eigenvalue weighted by atomic mass is 9.88. The topological polar surface area (TPSA) is 30.5 Å². The summed E-state index contributed by atoms with van der Waals surface area (Å²) in [5.74, 6) is 1.91. The first-order valence-electron chi connectivity index (χ1n) is 10.4. The second-order valence-corrected chi connectivity index (χ2v) is 7.68. The summed E-state index contributed by atoms with van der Waals surface area (Å²) in [5, 5.41) is 3.69. The van der Waals surface area contributed by atoms with Gasteiger partial charge in [-0.1, -0.05) is 42.5 Å². The lowest BCUT2D eigenvalue weighted by Crippen LogP contribution is -2.31. The largest absolute Gasteiger partial charge is 0.494 e.